The molecule has 0 fully saturated rings. The molecular weight excluding hydrogens is 262 g/mol. The lowest BCUT2D eigenvalue weighted by molar-refractivity contribution is 0.400. The summed E-state index contributed by atoms with van der Waals surface area (Å²) < 4.78 is 32.1. The van der Waals surface area contributed by atoms with Gasteiger partial charge in [-0.25, -0.2) is 9.37 Å². The number of ether oxygens (including phenoxy) is 1. The molecule has 1 heterocycles. The normalized spacial score (nSPS) is 10.6. The second kappa shape index (κ2) is 6.96. The van der Waals surface area contributed by atoms with Gasteiger partial charge in [-0.15, -0.1) is 0 Å². The van der Waals surface area contributed by atoms with Crippen molar-refractivity contribution < 1.29 is 13.5 Å². The summed E-state index contributed by atoms with van der Waals surface area (Å²) in [5.41, 5.74) is 0.796. The van der Waals surface area contributed by atoms with E-state index in [-0.39, 0.29) is 11.6 Å². The summed E-state index contributed by atoms with van der Waals surface area (Å²) in [6, 6.07) is 7.42. The van der Waals surface area contributed by atoms with Crippen LogP contribution in [0.25, 0.3) is 0 Å². The molecule has 0 saturated carbocycles. The Balaban J connectivity index is 2.18. The maximum Gasteiger partial charge on any atom is 0.223 e. The fourth-order valence-corrected chi connectivity index (χ4v) is 1.72. The summed E-state index contributed by atoms with van der Waals surface area (Å²) in [4.78, 5) is 4.07. The minimum absolute atomic E-state index is 0.166. The minimum atomic E-state index is -1.01. The summed E-state index contributed by atoms with van der Waals surface area (Å²) in [6.45, 7) is 3.49. The molecular formula is C15H16F2N2O. The van der Waals surface area contributed by atoms with Gasteiger partial charge < -0.3 is 10.1 Å². The zero-order valence-electron chi connectivity index (χ0n) is 11.2. The maximum atomic E-state index is 13.6. The van der Waals surface area contributed by atoms with Crippen molar-refractivity contribution >= 4 is 0 Å². The summed E-state index contributed by atoms with van der Waals surface area (Å²) in [6.07, 6.45) is 2.56. The van der Waals surface area contributed by atoms with Crippen LogP contribution in [0.4, 0.5) is 8.78 Å². The highest BCUT2D eigenvalue weighted by molar-refractivity contribution is 5.33. The van der Waals surface area contributed by atoms with E-state index in [0.717, 1.165) is 24.6 Å². The van der Waals surface area contributed by atoms with Gasteiger partial charge >= 0.3 is 0 Å². The molecule has 1 aromatic carbocycles. The molecule has 0 aliphatic rings. The number of aromatic nitrogens is 1. The molecule has 0 spiro atoms. The predicted molar refractivity (Wildman–Crippen MR) is 72.7 cm³/mol. The standard InChI is InChI=1S/C15H16F2N2O/c1-2-8-18-10-11-5-4-9-19-15(11)20-13-7-3-6-12(16)14(13)17/h3-7,9,18H,2,8,10H2,1H3. The van der Waals surface area contributed by atoms with E-state index < -0.39 is 11.6 Å². The molecule has 0 bridgehead atoms. The highest BCUT2D eigenvalue weighted by Crippen LogP contribution is 2.26. The molecule has 0 atom stereocenters. The lowest BCUT2D eigenvalue weighted by Gasteiger charge is -2.11. The average molecular weight is 278 g/mol. The zero-order valence-corrected chi connectivity index (χ0v) is 11.2. The molecule has 1 aromatic heterocycles. The average Bonchev–Trinajstić information content (AvgIpc) is 2.46. The van der Waals surface area contributed by atoms with Crippen LogP contribution in [-0.2, 0) is 6.54 Å². The Labute approximate surface area is 116 Å². The molecule has 0 radical (unpaired) electrons. The number of halogens is 2. The quantitative estimate of drug-likeness (QED) is 0.819. The van der Waals surface area contributed by atoms with Crippen molar-refractivity contribution in [3.8, 4) is 11.6 Å². The Morgan fingerprint density at radius 3 is 2.85 bits per heavy atom. The highest BCUT2D eigenvalue weighted by atomic mass is 19.2. The Bertz CT molecular complexity index is 576. The largest absolute Gasteiger partial charge is 0.435 e. The van der Waals surface area contributed by atoms with E-state index in [0.29, 0.717) is 6.54 Å². The molecule has 0 saturated heterocycles. The molecule has 3 nitrogen and oxygen atoms in total. The lowest BCUT2D eigenvalue weighted by Crippen LogP contribution is -2.14. The molecule has 2 rings (SSSR count). The topological polar surface area (TPSA) is 34.2 Å². The smallest absolute Gasteiger partial charge is 0.223 e. The van der Waals surface area contributed by atoms with Gasteiger partial charge in [-0.1, -0.05) is 19.1 Å². The van der Waals surface area contributed by atoms with Crippen molar-refractivity contribution in [3.05, 3.63) is 53.7 Å². The molecule has 5 heteroatoms. The van der Waals surface area contributed by atoms with E-state index >= 15 is 0 Å². The van der Waals surface area contributed by atoms with Gasteiger partial charge in [0, 0.05) is 18.3 Å². The van der Waals surface area contributed by atoms with Crippen molar-refractivity contribution in [1.29, 1.82) is 0 Å². The number of benzene rings is 1. The third-order valence-corrected chi connectivity index (χ3v) is 2.71. The van der Waals surface area contributed by atoms with Gasteiger partial charge in [-0.05, 0) is 31.2 Å². The molecule has 0 aliphatic heterocycles. The van der Waals surface area contributed by atoms with Crippen LogP contribution in [-0.4, -0.2) is 11.5 Å². The summed E-state index contributed by atoms with van der Waals surface area (Å²) in [7, 11) is 0. The number of rotatable bonds is 6. The van der Waals surface area contributed by atoms with Crippen LogP contribution < -0.4 is 10.1 Å². The van der Waals surface area contributed by atoms with Gasteiger partial charge in [-0.3, -0.25) is 0 Å². The molecule has 1 N–H and O–H groups in total. The zero-order chi connectivity index (χ0) is 14.4. The molecule has 20 heavy (non-hydrogen) atoms. The van der Waals surface area contributed by atoms with Crippen LogP contribution in [0, 0.1) is 11.6 Å². The number of hydrogen-bond donors (Lipinski definition) is 1. The van der Waals surface area contributed by atoms with Crippen LogP contribution in [0.2, 0.25) is 0 Å². The fraction of sp³-hybridized carbons (Fsp3) is 0.267. The monoisotopic (exact) mass is 278 g/mol. The fourth-order valence-electron chi connectivity index (χ4n) is 1.72. The Morgan fingerprint density at radius 1 is 1.20 bits per heavy atom. The van der Waals surface area contributed by atoms with E-state index in [9.17, 15) is 8.78 Å². The first-order chi connectivity index (χ1) is 9.72. The Hall–Kier alpha value is -2.01. The third-order valence-electron chi connectivity index (χ3n) is 2.71. The summed E-state index contributed by atoms with van der Waals surface area (Å²) >= 11 is 0. The van der Waals surface area contributed by atoms with Gasteiger partial charge in [0.2, 0.25) is 11.7 Å². The minimum Gasteiger partial charge on any atom is -0.435 e. The highest BCUT2D eigenvalue weighted by Gasteiger charge is 2.12. The van der Waals surface area contributed by atoms with E-state index in [2.05, 4.69) is 17.2 Å². The molecule has 2 aromatic rings. The summed E-state index contributed by atoms with van der Waals surface area (Å²) in [5.74, 6) is -1.84. The van der Waals surface area contributed by atoms with Gasteiger partial charge in [0.15, 0.2) is 11.6 Å². The molecule has 0 aliphatic carbocycles. The SMILES string of the molecule is CCCNCc1cccnc1Oc1cccc(F)c1F. The molecule has 0 amide bonds. The maximum absolute atomic E-state index is 13.6. The Kier molecular flexibility index (Phi) is 5.01. The van der Waals surface area contributed by atoms with Gasteiger partial charge in [0.05, 0.1) is 0 Å². The van der Waals surface area contributed by atoms with E-state index in [4.69, 9.17) is 4.74 Å². The second-order valence-corrected chi connectivity index (χ2v) is 4.30. The van der Waals surface area contributed by atoms with Gasteiger partial charge in [0.25, 0.3) is 0 Å². The number of hydrogen-bond acceptors (Lipinski definition) is 3. The van der Waals surface area contributed by atoms with Crippen molar-refractivity contribution in [2.45, 2.75) is 19.9 Å². The summed E-state index contributed by atoms with van der Waals surface area (Å²) in [5, 5.41) is 3.22. The van der Waals surface area contributed by atoms with Gasteiger partial charge in [0.1, 0.15) is 0 Å². The molecule has 0 unspecified atom stereocenters. The van der Waals surface area contributed by atoms with Crippen molar-refractivity contribution in [1.82, 2.24) is 10.3 Å². The number of pyridine rings is 1. The first-order valence-electron chi connectivity index (χ1n) is 6.49. The van der Waals surface area contributed by atoms with E-state index in [1.54, 1.807) is 12.3 Å². The van der Waals surface area contributed by atoms with E-state index in [1.165, 1.54) is 12.1 Å². The third kappa shape index (κ3) is 3.51. The van der Waals surface area contributed by atoms with Crippen LogP contribution >= 0.6 is 0 Å². The van der Waals surface area contributed by atoms with Crippen molar-refractivity contribution in [2.75, 3.05) is 6.54 Å². The van der Waals surface area contributed by atoms with Crippen molar-refractivity contribution in [3.63, 3.8) is 0 Å². The number of nitrogens with one attached hydrogen (secondary N) is 1. The first-order valence-corrected chi connectivity index (χ1v) is 6.49. The molecule has 106 valence electrons. The van der Waals surface area contributed by atoms with Crippen LogP contribution in [0.1, 0.15) is 18.9 Å². The number of nitrogens with zero attached hydrogens (tertiary/aromatic N) is 1. The van der Waals surface area contributed by atoms with E-state index in [1.807, 2.05) is 6.07 Å². The van der Waals surface area contributed by atoms with Crippen LogP contribution in [0.5, 0.6) is 11.6 Å². The van der Waals surface area contributed by atoms with Crippen LogP contribution in [0.3, 0.4) is 0 Å². The van der Waals surface area contributed by atoms with Crippen LogP contribution in [0.15, 0.2) is 36.5 Å². The van der Waals surface area contributed by atoms with Crippen molar-refractivity contribution in [2.24, 2.45) is 0 Å². The second-order valence-electron chi connectivity index (χ2n) is 4.30. The lowest BCUT2D eigenvalue weighted by atomic mass is 10.2. The first kappa shape index (κ1) is 14.4. The Morgan fingerprint density at radius 2 is 2.05 bits per heavy atom. The van der Waals surface area contributed by atoms with Gasteiger partial charge in [-0.2, -0.15) is 4.39 Å². The predicted octanol–water partition coefficient (Wildman–Crippen LogP) is 3.65.